The Balaban J connectivity index is 3.00. The summed E-state index contributed by atoms with van der Waals surface area (Å²) in [5, 5.41) is 0. The molecule has 0 bridgehead atoms. The third-order valence-corrected chi connectivity index (χ3v) is 6.41. The van der Waals surface area contributed by atoms with Gasteiger partial charge in [-0.3, -0.25) is 0 Å². The minimum absolute atomic E-state index is 0.402. The van der Waals surface area contributed by atoms with Gasteiger partial charge in [-0.1, -0.05) is 12.1 Å². The van der Waals surface area contributed by atoms with Gasteiger partial charge < -0.3 is 42.4 Å². The van der Waals surface area contributed by atoms with Gasteiger partial charge >= 0.3 is 9.05 Å². The van der Waals surface area contributed by atoms with E-state index in [0.717, 1.165) is 5.56 Å². The number of nitrogens with two attached hydrogens (primary N) is 1. The summed E-state index contributed by atoms with van der Waals surface area (Å²) in [4.78, 5) is 0. The van der Waals surface area contributed by atoms with Gasteiger partial charge in [0.15, 0.2) is 25.2 Å². The van der Waals surface area contributed by atoms with Gasteiger partial charge in [0.25, 0.3) is 0 Å². The maximum absolute atomic E-state index is 6.17. The zero-order valence-corrected chi connectivity index (χ0v) is 19.5. The standard InChI is InChI=1S/C19H35NO8Si/c1-13(18-9-11-19(20)12-10-18)26-29(23-8,27-16(4)24-14(2)21-6)28-17(5)25-15(3)22-7/h9-17H,20H2,1-8H3. The van der Waals surface area contributed by atoms with Crippen molar-refractivity contribution in [2.24, 2.45) is 0 Å². The van der Waals surface area contributed by atoms with Crippen LogP contribution in [0.1, 0.15) is 46.3 Å². The predicted molar refractivity (Wildman–Crippen MR) is 109 cm³/mol. The highest BCUT2D eigenvalue weighted by atomic mass is 28.4. The predicted octanol–water partition coefficient (Wildman–Crippen LogP) is 3.17. The van der Waals surface area contributed by atoms with Crippen LogP contribution < -0.4 is 5.73 Å². The van der Waals surface area contributed by atoms with Crippen LogP contribution in [0.4, 0.5) is 5.69 Å². The molecule has 5 atom stereocenters. The van der Waals surface area contributed by atoms with Gasteiger partial charge in [-0.2, -0.15) is 0 Å². The Morgan fingerprint density at radius 1 is 0.690 bits per heavy atom. The van der Waals surface area contributed by atoms with E-state index in [-0.39, 0.29) is 0 Å². The largest absolute Gasteiger partial charge is 0.683 e. The second-order valence-electron chi connectivity index (χ2n) is 6.38. The molecule has 0 fully saturated rings. The fourth-order valence-electron chi connectivity index (χ4n) is 2.39. The van der Waals surface area contributed by atoms with E-state index in [1.54, 1.807) is 39.8 Å². The van der Waals surface area contributed by atoms with Crippen molar-refractivity contribution in [2.75, 3.05) is 27.1 Å². The number of hydrogen-bond donors (Lipinski definition) is 1. The first-order chi connectivity index (χ1) is 13.6. The van der Waals surface area contributed by atoms with Crippen molar-refractivity contribution in [1.82, 2.24) is 0 Å². The van der Waals surface area contributed by atoms with Gasteiger partial charge in [-0.15, -0.1) is 0 Å². The van der Waals surface area contributed by atoms with E-state index < -0.39 is 40.3 Å². The van der Waals surface area contributed by atoms with E-state index in [0.29, 0.717) is 5.69 Å². The smallest absolute Gasteiger partial charge is 0.399 e. The van der Waals surface area contributed by atoms with Crippen LogP contribution in [0.5, 0.6) is 0 Å². The molecule has 1 aromatic rings. The number of methoxy groups -OCH3 is 2. The molecular formula is C19H35NO8Si. The molecule has 1 rings (SSSR count). The van der Waals surface area contributed by atoms with Gasteiger partial charge in [-0.05, 0) is 52.3 Å². The van der Waals surface area contributed by atoms with E-state index in [2.05, 4.69) is 0 Å². The number of benzene rings is 1. The maximum Gasteiger partial charge on any atom is 0.683 e. The molecule has 9 nitrogen and oxygen atoms in total. The summed E-state index contributed by atoms with van der Waals surface area (Å²) in [5.74, 6) is 0. The third kappa shape index (κ3) is 9.07. The van der Waals surface area contributed by atoms with Gasteiger partial charge in [0, 0.05) is 27.0 Å². The first kappa shape index (κ1) is 26.0. The van der Waals surface area contributed by atoms with Gasteiger partial charge in [0.1, 0.15) is 0 Å². The lowest BCUT2D eigenvalue weighted by Crippen LogP contribution is -2.53. The molecule has 168 valence electrons. The van der Waals surface area contributed by atoms with Crippen LogP contribution in [0, 0.1) is 0 Å². The SMILES string of the molecule is COC(C)OC(C)O[Si](OC)(OC(C)OC(C)OC)OC(C)c1ccc(N)cc1. The highest BCUT2D eigenvalue weighted by Gasteiger charge is 2.50. The summed E-state index contributed by atoms with van der Waals surface area (Å²) in [6.45, 7) is 8.78. The maximum atomic E-state index is 6.17. The molecule has 5 unspecified atom stereocenters. The van der Waals surface area contributed by atoms with Crippen molar-refractivity contribution in [1.29, 1.82) is 0 Å². The zero-order chi connectivity index (χ0) is 22.0. The number of ether oxygens (including phenoxy) is 4. The molecule has 0 aliphatic heterocycles. The minimum atomic E-state index is -3.71. The van der Waals surface area contributed by atoms with E-state index in [9.17, 15) is 0 Å². The highest BCUT2D eigenvalue weighted by Crippen LogP contribution is 2.27. The molecule has 0 saturated heterocycles. The van der Waals surface area contributed by atoms with Crippen LogP contribution in [0.25, 0.3) is 0 Å². The molecular weight excluding hydrogens is 398 g/mol. The zero-order valence-electron chi connectivity index (χ0n) is 18.5. The van der Waals surface area contributed by atoms with Gasteiger partial charge in [-0.25, -0.2) is 0 Å². The monoisotopic (exact) mass is 433 g/mol. The van der Waals surface area contributed by atoms with Crippen LogP contribution in [-0.2, 0) is 36.7 Å². The lowest BCUT2D eigenvalue weighted by molar-refractivity contribution is -0.248. The Labute approximate surface area is 174 Å². The third-order valence-electron chi connectivity index (χ3n) is 4.03. The second-order valence-corrected chi connectivity index (χ2v) is 8.50. The van der Waals surface area contributed by atoms with Crippen molar-refractivity contribution in [3.63, 3.8) is 0 Å². The molecule has 0 aromatic heterocycles. The number of anilines is 1. The van der Waals surface area contributed by atoms with Crippen molar-refractivity contribution >= 4 is 14.7 Å². The summed E-state index contributed by atoms with van der Waals surface area (Å²) in [6, 6.07) is 7.33. The lowest BCUT2D eigenvalue weighted by atomic mass is 10.1. The molecule has 0 saturated carbocycles. The fourth-order valence-corrected chi connectivity index (χ4v) is 4.34. The van der Waals surface area contributed by atoms with Crippen molar-refractivity contribution < 1.29 is 36.7 Å². The van der Waals surface area contributed by atoms with Gasteiger partial charge in [0.2, 0.25) is 0 Å². The fraction of sp³-hybridized carbons (Fsp3) is 0.684. The summed E-state index contributed by atoms with van der Waals surface area (Å²) in [5.41, 5.74) is 7.32. The Morgan fingerprint density at radius 2 is 1.14 bits per heavy atom. The first-order valence-corrected chi connectivity index (χ1v) is 11.1. The van der Waals surface area contributed by atoms with E-state index >= 15 is 0 Å². The minimum Gasteiger partial charge on any atom is -0.399 e. The Hall–Kier alpha value is -1.08. The molecule has 0 heterocycles. The van der Waals surface area contributed by atoms with Crippen LogP contribution in [0.15, 0.2) is 24.3 Å². The van der Waals surface area contributed by atoms with Crippen LogP contribution >= 0.6 is 0 Å². The number of nitrogen functional groups attached to an aromatic ring is 1. The normalized spacial score (nSPS) is 19.2. The summed E-state index contributed by atoms with van der Waals surface area (Å²) >= 11 is 0. The summed E-state index contributed by atoms with van der Waals surface area (Å²) < 4.78 is 45.2. The number of hydrogen-bond acceptors (Lipinski definition) is 9. The topological polar surface area (TPSA) is 99.9 Å². The van der Waals surface area contributed by atoms with Crippen LogP contribution in [-0.4, -0.2) is 55.5 Å². The Kier molecular flexibility index (Phi) is 11.3. The van der Waals surface area contributed by atoms with Gasteiger partial charge in [0.05, 0.1) is 6.10 Å². The molecule has 0 spiro atoms. The number of rotatable bonds is 14. The lowest BCUT2D eigenvalue weighted by Gasteiger charge is -2.34. The molecule has 29 heavy (non-hydrogen) atoms. The van der Waals surface area contributed by atoms with Crippen LogP contribution in [0.2, 0.25) is 0 Å². The Morgan fingerprint density at radius 3 is 1.52 bits per heavy atom. The molecule has 10 heteroatoms. The molecule has 2 N–H and O–H groups in total. The van der Waals surface area contributed by atoms with E-state index in [4.69, 9.17) is 42.4 Å². The average molecular weight is 434 g/mol. The molecule has 1 aromatic carbocycles. The summed E-state index contributed by atoms with van der Waals surface area (Å²) in [7, 11) is 0.829. The average Bonchev–Trinajstić information content (AvgIpc) is 2.67. The Bertz CT molecular complexity index is 556. The molecule has 0 aliphatic rings. The van der Waals surface area contributed by atoms with E-state index in [1.807, 2.05) is 19.1 Å². The van der Waals surface area contributed by atoms with E-state index in [1.165, 1.54) is 21.3 Å². The van der Waals surface area contributed by atoms with Crippen molar-refractivity contribution in [3.8, 4) is 0 Å². The molecule has 0 aliphatic carbocycles. The quantitative estimate of drug-likeness (QED) is 0.269. The molecule has 0 amide bonds. The second kappa shape index (κ2) is 12.6. The highest BCUT2D eigenvalue weighted by molar-refractivity contribution is 6.53. The summed E-state index contributed by atoms with van der Waals surface area (Å²) in [6.07, 6.45) is -2.80. The van der Waals surface area contributed by atoms with Crippen LogP contribution in [0.3, 0.4) is 0 Å². The molecule has 0 radical (unpaired) electrons. The first-order valence-electron chi connectivity index (χ1n) is 9.45. The van der Waals surface area contributed by atoms with Crippen molar-refractivity contribution in [3.05, 3.63) is 29.8 Å². The van der Waals surface area contributed by atoms with Crippen molar-refractivity contribution in [2.45, 2.75) is 65.9 Å².